The van der Waals surface area contributed by atoms with Crippen LogP contribution in [0.2, 0.25) is 0 Å². The zero-order chi connectivity index (χ0) is 10.7. The first-order valence-corrected chi connectivity index (χ1v) is 4.57. The predicted molar refractivity (Wildman–Crippen MR) is 52.7 cm³/mol. The maximum atomic E-state index is 11.5. The number of Topliss-reactive ketones (excluding diaryl/α,β-unsaturated/α-hetero) is 1. The SMILES string of the molecule is C=CCC1=C(C)[C@H](OC(C)=O)CC1=O. The highest BCUT2D eigenvalue weighted by Gasteiger charge is 2.30. The van der Waals surface area contributed by atoms with Gasteiger partial charge in [-0.2, -0.15) is 0 Å². The van der Waals surface area contributed by atoms with Crippen LogP contribution in [0.4, 0.5) is 0 Å². The van der Waals surface area contributed by atoms with Gasteiger partial charge in [-0.15, -0.1) is 6.58 Å². The highest BCUT2D eigenvalue weighted by Crippen LogP contribution is 2.28. The second-order valence-corrected chi connectivity index (χ2v) is 3.38. The minimum absolute atomic E-state index is 0.0636. The first-order chi connectivity index (χ1) is 6.56. The van der Waals surface area contributed by atoms with Crippen LogP contribution in [0.25, 0.3) is 0 Å². The van der Waals surface area contributed by atoms with Gasteiger partial charge in [0, 0.05) is 12.5 Å². The second-order valence-electron chi connectivity index (χ2n) is 3.38. The molecule has 0 amide bonds. The fourth-order valence-corrected chi connectivity index (χ4v) is 1.61. The fraction of sp³-hybridized carbons (Fsp3) is 0.455. The molecule has 0 aliphatic heterocycles. The molecule has 0 spiro atoms. The van der Waals surface area contributed by atoms with Gasteiger partial charge < -0.3 is 4.74 Å². The second kappa shape index (κ2) is 4.22. The number of hydrogen-bond donors (Lipinski definition) is 0. The molecule has 14 heavy (non-hydrogen) atoms. The summed E-state index contributed by atoms with van der Waals surface area (Å²) in [5.74, 6) is -0.282. The Balaban J connectivity index is 2.81. The predicted octanol–water partition coefficient (Wildman–Crippen LogP) is 1.78. The lowest BCUT2D eigenvalue weighted by atomic mass is 10.1. The van der Waals surface area contributed by atoms with Crippen LogP contribution >= 0.6 is 0 Å². The Hall–Kier alpha value is -1.38. The summed E-state index contributed by atoms with van der Waals surface area (Å²) in [6, 6.07) is 0. The van der Waals surface area contributed by atoms with Gasteiger partial charge in [-0.25, -0.2) is 0 Å². The van der Waals surface area contributed by atoms with E-state index in [1.807, 2.05) is 6.92 Å². The zero-order valence-electron chi connectivity index (χ0n) is 8.50. The van der Waals surface area contributed by atoms with Gasteiger partial charge in [0.05, 0.1) is 6.42 Å². The molecule has 76 valence electrons. The van der Waals surface area contributed by atoms with E-state index in [9.17, 15) is 9.59 Å². The minimum atomic E-state index is -0.352. The van der Waals surface area contributed by atoms with E-state index in [0.29, 0.717) is 6.42 Å². The Labute approximate surface area is 83.4 Å². The Bertz CT molecular complexity index is 312. The highest BCUT2D eigenvalue weighted by molar-refractivity contribution is 6.00. The topological polar surface area (TPSA) is 43.4 Å². The number of ether oxygens (including phenoxy) is 1. The third-order valence-electron chi connectivity index (χ3n) is 2.32. The smallest absolute Gasteiger partial charge is 0.303 e. The number of hydrogen-bond acceptors (Lipinski definition) is 3. The minimum Gasteiger partial charge on any atom is -0.458 e. The van der Waals surface area contributed by atoms with Crippen LogP contribution in [0.1, 0.15) is 26.7 Å². The molecular formula is C11H14O3. The molecule has 0 unspecified atom stereocenters. The Morgan fingerprint density at radius 3 is 2.86 bits per heavy atom. The molecule has 0 aromatic carbocycles. The molecule has 0 aromatic rings. The third kappa shape index (κ3) is 2.10. The monoisotopic (exact) mass is 194 g/mol. The molecule has 1 rings (SSSR count). The van der Waals surface area contributed by atoms with Crippen molar-refractivity contribution in [1.29, 1.82) is 0 Å². The Kier molecular flexibility index (Phi) is 3.23. The van der Waals surface area contributed by atoms with Gasteiger partial charge >= 0.3 is 5.97 Å². The lowest BCUT2D eigenvalue weighted by Crippen LogP contribution is -2.15. The normalized spacial score (nSPS) is 21.3. The molecule has 1 atom stereocenters. The van der Waals surface area contributed by atoms with Crippen molar-refractivity contribution in [2.45, 2.75) is 32.8 Å². The summed E-state index contributed by atoms with van der Waals surface area (Å²) in [7, 11) is 0. The number of rotatable bonds is 3. The van der Waals surface area contributed by atoms with Crippen molar-refractivity contribution in [3.63, 3.8) is 0 Å². The van der Waals surface area contributed by atoms with Crippen molar-refractivity contribution >= 4 is 11.8 Å². The van der Waals surface area contributed by atoms with Gasteiger partial charge in [0.1, 0.15) is 6.10 Å². The fourth-order valence-electron chi connectivity index (χ4n) is 1.61. The number of allylic oxidation sites excluding steroid dienone is 2. The Morgan fingerprint density at radius 2 is 2.36 bits per heavy atom. The number of esters is 1. The molecule has 0 fully saturated rings. The average Bonchev–Trinajstić information content (AvgIpc) is 2.32. The van der Waals surface area contributed by atoms with Crippen molar-refractivity contribution in [3.8, 4) is 0 Å². The molecule has 0 heterocycles. The molecule has 0 saturated heterocycles. The molecule has 3 heteroatoms. The van der Waals surface area contributed by atoms with Crippen molar-refractivity contribution < 1.29 is 14.3 Å². The quantitative estimate of drug-likeness (QED) is 0.508. The molecular weight excluding hydrogens is 180 g/mol. The van der Waals surface area contributed by atoms with E-state index >= 15 is 0 Å². The van der Waals surface area contributed by atoms with Gasteiger partial charge in [-0.1, -0.05) is 6.08 Å². The zero-order valence-corrected chi connectivity index (χ0v) is 8.50. The molecule has 0 saturated carbocycles. The number of ketones is 1. The van der Waals surface area contributed by atoms with E-state index in [1.54, 1.807) is 6.08 Å². The summed E-state index contributed by atoms with van der Waals surface area (Å²) in [6.07, 6.45) is 2.18. The number of carbonyl (C=O) groups is 2. The van der Waals surface area contributed by atoms with E-state index in [2.05, 4.69) is 6.58 Å². The van der Waals surface area contributed by atoms with Crippen molar-refractivity contribution in [1.82, 2.24) is 0 Å². The van der Waals surface area contributed by atoms with E-state index in [4.69, 9.17) is 4.74 Å². The third-order valence-corrected chi connectivity index (χ3v) is 2.32. The van der Waals surface area contributed by atoms with E-state index in [-0.39, 0.29) is 24.3 Å². The van der Waals surface area contributed by atoms with Crippen LogP contribution in [0.15, 0.2) is 23.8 Å². The van der Waals surface area contributed by atoms with Gasteiger partial charge in [0.15, 0.2) is 5.78 Å². The first kappa shape index (κ1) is 10.7. The maximum absolute atomic E-state index is 11.5. The largest absolute Gasteiger partial charge is 0.458 e. The summed E-state index contributed by atoms with van der Waals surface area (Å²) in [5.41, 5.74) is 1.61. The lowest BCUT2D eigenvalue weighted by molar-refractivity contribution is -0.144. The molecule has 0 bridgehead atoms. The van der Waals surface area contributed by atoms with Gasteiger partial charge in [-0.05, 0) is 18.9 Å². The summed E-state index contributed by atoms with van der Waals surface area (Å²) in [5, 5.41) is 0. The number of carbonyl (C=O) groups excluding carboxylic acids is 2. The highest BCUT2D eigenvalue weighted by atomic mass is 16.5. The summed E-state index contributed by atoms with van der Waals surface area (Å²) in [4.78, 5) is 22.2. The molecule has 1 aliphatic rings. The summed E-state index contributed by atoms with van der Waals surface area (Å²) >= 11 is 0. The lowest BCUT2D eigenvalue weighted by Gasteiger charge is -2.10. The van der Waals surface area contributed by atoms with Crippen molar-refractivity contribution in [3.05, 3.63) is 23.8 Å². The molecule has 0 N–H and O–H groups in total. The molecule has 0 aromatic heterocycles. The van der Waals surface area contributed by atoms with Gasteiger partial charge in [0.25, 0.3) is 0 Å². The maximum Gasteiger partial charge on any atom is 0.303 e. The Morgan fingerprint density at radius 1 is 1.71 bits per heavy atom. The molecule has 1 aliphatic carbocycles. The van der Waals surface area contributed by atoms with Crippen molar-refractivity contribution in [2.24, 2.45) is 0 Å². The first-order valence-electron chi connectivity index (χ1n) is 4.57. The van der Waals surface area contributed by atoms with Crippen LogP contribution < -0.4 is 0 Å². The van der Waals surface area contributed by atoms with Crippen LogP contribution in [-0.4, -0.2) is 17.9 Å². The van der Waals surface area contributed by atoms with E-state index in [1.165, 1.54) is 6.92 Å². The standard InChI is InChI=1S/C11H14O3/c1-4-5-9-7(2)11(6-10(9)13)14-8(3)12/h4,11H,1,5-6H2,2-3H3/t11-/m1/s1. The summed E-state index contributed by atoms with van der Waals surface area (Å²) in [6.45, 7) is 6.77. The van der Waals surface area contributed by atoms with E-state index < -0.39 is 0 Å². The van der Waals surface area contributed by atoms with Gasteiger partial charge in [-0.3, -0.25) is 9.59 Å². The molecule has 0 radical (unpaired) electrons. The van der Waals surface area contributed by atoms with E-state index in [0.717, 1.165) is 11.1 Å². The van der Waals surface area contributed by atoms with Gasteiger partial charge in [0.2, 0.25) is 0 Å². The van der Waals surface area contributed by atoms with Crippen LogP contribution in [0.5, 0.6) is 0 Å². The van der Waals surface area contributed by atoms with Crippen molar-refractivity contribution in [2.75, 3.05) is 0 Å². The molecule has 3 nitrogen and oxygen atoms in total. The van der Waals surface area contributed by atoms with Crippen LogP contribution in [-0.2, 0) is 14.3 Å². The van der Waals surface area contributed by atoms with Crippen LogP contribution in [0, 0.1) is 0 Å². The summed E-state index contributed by atoms with van der Waals surface area (Å²) < 4.78 is 5.02. The average molecular weight is 194 g/mol. The van der Waals surface area contributed by atoms with Crippen LogP contribution in [0.3, 0.4) is 0 Å².